The lowest BCUT2D eigenvalue weighted by molar-refractivity contribution is 0.273. The highest BCUT2D eigenvalue weighted by Gasteiger charge is 2.24. The van der Waals surface area contributed by atoms with E-state index in [9.17, 15) is 13.5 Å². The number of nitrogens with one attached hydrogen (secondary N) is 2. The van der Waals surface area contributed by atoms with Crippen LogP contribution in [0.25, 0.3) is 0 Å². The highest BCUT2D eigenvalue weighted by Crippen LogP contribution is 2.17. The molecule has 120 valence electrons. The van der Waals surface area contributed by atoms with Crippen LogP contribution in [0.2, 0.25) is 0 Å². The number of hydrogen-bond donors (Lipinski definition) is 3. The topological polar surface area (TPSA) is 98.3 Å². The van der Waals surface area contributed by atoms with Crippen LogP contribution in [0, 0.1) is 12.8 Å². The molecule has 1 saturated heterocycles. The third kappa shape index (κ3) is 4.03. The van der Waals surface area contributed by atoms with Gasteiger partial charge in [-0.2, -0.15) is 5.10 Å². The van der Waals surface area contributed by atoms with Crippen LogP contribution >= 0.6 is 0 Å². The molecule has 1 atom stereocenters. The summed E-state index contributed by atoms with van der Waals surface area (Å²) in [6, 6.07) is 0. The molecular weight excluding hydrogens is 292 g/mol. The molecule has 1 aromatic heterocycles. The average Bonchev–Trinajstić information content (AvgIpc) is 3.06. The lowest BCUT2D eigenvalue weighted by atomic mass is 10.2. The number of sulfonamides is 1. The van der Waals surface area contributed by atoms with Crippen LogP contribution in [0.4, 0.5) is 0 Å². The van der Waals surface area contributed by atoms with Crippen molar-refractivity contribution in [3.8, 4) is 0 Å². The van der Waals surface area contributed by atoms with E-state index < -0.39 is 16.6 Å². The molecule has 0 saturated carbocycles. The lowest BCUT2D eigenvalue weighted by Gasteiger charge is -2.20. The van der Waals surface area contributed by atoms with Crippen LogP contribution in [0.3, 0.4) is 0 Å². The fraction of sp³-hybridized carbons (Fsp3) is 0.769. The molecule has 0 aromatic carbocycles. The molecule has 0 radical (unpaired) electrons. The van der Waals surface area contributed by atoms with Gasteiger partial charge in [0.2, 0.25) is 10.0 Å². The molecule has 0 amide bonds. The predicted molar refractivity (Wildman–Crippen MR) is 79.3 cm³/mol. The number of aryl methyl sites for hydroxylation is 1. The van der Waals surface area contributed by atoms with Gasteiger partial charge in [0.25, 0.3) is 0 Å². The van der Waals surface area contributed by atoms with Gasteiger partial charge in [-0.1, -0.05) is 6.92 Å². The molecule has 1 aliphatic rings. The van der Waals surface area contributed by atoms with Crippen molar-refractivity contribution in [1.82, 2.24) is 19.8 Å². The molecule has 7 nitrogen and oxygen atoms in total. The van der Waals surface area contributed by atoms with Crippen molar-refractivity contribution in [3.63, 3.8) is 0 Å². The summed E-state index contributed by atoms with van der Waals surface area (Å²) in [5, 5.41) is 15.6. The minimum atomic E-state index is -3.64. The zero-order chi connectivity index (χ0) is 15.5. The van der Waals surface area contributed by atoms with Crippen molar-refractivity contribution in [2.45, 2.75) is 38.2 Å². The first-order valence-corrected chi connectivity index (χ1v) is 8.79. The first-order chi connectivity index (χ1) is 9.94. The Labute approximate surface area is 125 Å². The summed E-state index contributed by atoms with van der Waals surface area (Å²) in [6.45, 7) is 6.77. The third-order valence-electron chi connectivity index (χ3n) is 3.77. The van der Waals surface area contributed by atoms with E-state index in [1.54, 1.807) is 6.92 Å². The van der Waals surface area contributed by atoms with E-state index in [-0.39, 0.29) is 16.5 Å². The number of rotatable bonds is 7. The summed E-state index contributed by atoms with van der Waals surface area (Å²) in [6.07, 6.45) is 2.46. The van der Waals surface area contributed by atoms with Gasteiger partial charge in [0.15, 0.2) is 0 Å². The zero-order valence-corrected chi connectivity index (χ0v) is 13.4. The summed E-state index contributed by atoms with van der Waals surface area (Å²) in [5.74, 6) is 0.239. The van der Waals surface area contributed by atoms with Crippen LogP contribution in [-0.2, 0) is 16.6 Å². The normalized spacial score (nSPS) is 18.2. The second-order valence-electron chi connectivity index (χ2n) is 5.75. The SMILES string of the molecule is Cc1[nH]nc(CO)c1S(=O)(=O)NCC(C)CN1CCCC1. The molecule has 1 fully saturated rings. The summed E-state index contributed by atoms with van der Waals surface area (Å²) >= 11 is 0. The minimum Gasteiger partial charge on any atom is -0.390 e. The molecule has 0 bridgehead atoms. The second-order valence-corrected chi connectivity index (χ2v) is 7.45. The Morgan fingerprint density at radius 2 is 2.10 bits per heavy atom. The Hall–Kier alpha value is -0.960. The zero-order valence-electron chi connectivity index (χ0n) is 12.6. The molecule has 1 unspecified atom stereocenters. The molecule has 2 heterocycles. The van der Waals surface area contributed by atoms with Gasteiger partial charge in [-0.05, 0) is 38.8 Å². The first kappa shape index (κ1) is 16.4. The Morgan fingerprint density at radius 3 is 2.71 bits per heavy atom. The average molecular weight is 316 g/mol. The van der Waals surface area contributed by atoms with Gasteiger partial charge in [-0.3, -0.25) is 5.10 Å². The predicted octanol–water partition coefficient (Wildman–Crippen LogP) is 0.221. The molecule has 8 heteroatoms. The number of hydrogen-bond acceptors (Lipinski definition) is 5. The van der Waals surface area contributed by atoms with Gasteiger partial charge >= 0.3 is 0 Å². The lowest BCUT2D eigenvalue weighted by Crippen LogP contribution is -2.34. The van der Waals surface area contributed by atoms with Gasteiger partial charge in [0, 0.05) is 13.1 Å². The smallest absolute Gasteiger partial charge is 0.244 e. The number of aromatic amines is 1. The summed E-state index contributed by atoms with van der Waals surface area (Å²) in [7, 11) is -3.64. The van der Waals surface area contributed by atoms with Crippen molar-refractivity contribution in [1.29, 1.82) is 0 Å². The summed E-state index contributed by atoms with van der Waals surface area (Å²) < 4.78 is 27.3. The monoisotopic (exact) mass is 316 g/mol. The molecule has 0 aliphatic carbocycles. The molecule has 3 N–H and O–H groups in total. The van der Waals surface area contributed by atoms with Crippen molar-refractivity contribution < 1.29 is 13.5 Å². The molecule has 1 aliphatic heterocycles. The maximum Gasteiger partial charge on any atom is 0.244 e. The second kappa shape index (κ2) is 6.87. The van der Waals surface area contributed by atoms with Gasteiger partial charge in [-0.15, -0.1) is 0 Å². The number of nitrogens with zero attached hydrogens (tertiary/aromatic N) is 2. The number of aliphatic hydroxyl groups excluding tert-OH is 1. The maximum atomic E-state index is 12.3. The van der Waals surface area contributed by atoms with E-state index in [0.29, 0.717) is 12.2 Å². The number of aromatic nitrogens is 2. The Morgan fingerprint density at radius 1 is 1.43 bits per heavy atom. The Kier molecular flexibility index (Phi) is 5.37. The van der Waals surface area contributed by atoms with E-state index in [4.69, 9.17) is 0 Å². The van der Waals surface area contributed by atoms with E-state index in [2.05, 4.69) is 19.8 Å². The van der Waals surface area contributed by atoms with Crippen LogP contribution in [0.5, 0.6) is 0 Å². The minimum absolute atomic E-state index is 0.0679. The molecular formula is C13H24N4O3S. The fourth-order valence-corrected chi connectivity index (χ4v) is 4.25. The van der Waals surface area contributed by atoms with E-state index in [1.165, 1.54) is 12.8 Å². The van der Waals surface area contributed by atoms with Crippen LogP contribution < -0.4 is 4.72 Å². The maximum absolute atomic E-state index is 12.3. The highest BCUT2D eigenvalue weighted by molar-refractivity contribution is 7.89. The van der Waals surface area contributed by atoms with Crippen molar-refractivity contribution >= 4 is 10.0 Å². The van der Waals surface area contributed by atoms with E-state index >= 15 is 0 Å². The fourth-order valence-electron chi connectivity index (χ4n) is 2.73. The molecule has 2 rings (SSSR count). The van der Waals surface area contributed by atoms with Gasteiger partial charge < -0.3 is 10.0 Å². The van der Waals surface area contributed by atoms with E-state index in [1.807, 2.05) is 6.92 Å². The summed E-state index contributed by atoms with van der Waals surface area (Å²) in [4.78, 5) is 2.43. The molecule has 21 heavy (non-hydrogen) atoms. The Balaban J connectivity index is 1.95. The first-order valence-electron chi connectivity index (χ1n) is 7.30. The Bertz CT molecular complexity index is 564. The van der Waals surface area contributed by atoms with Gasteiger partial charge in [0.05, 0.1) is 12.3 Å². The van der Waals surface area contributed by atoms with E-state index in [0.717, 1.165) is 19.6 Å². The highest BCUT2D eigenvalue weighted by atomic mass is 32.2. The quantitative estimate of drug-likeness (QED) is 0.668. The molecule has 1 aromatic rings. The van der Waals surface area contributed by atoms with Crippen molar-refractivity contribution in [2.75, 3.05) is 26.2 Å². The van der Waals surface area contributed by atoms with Crippen LogP contribution in [0.15, 0.2) is 4.90 Å². The number of H-pyrrole nitrogens is 1. The van der Waals surface area contributed by atoms with Crippen LogP contribution in [-0.4, -0.2) is 54.8 Å². The number of aliphatic hydroxyl groups is 1. The van der Waals surface area contributed by atoms with Crippen molar-refractivity contribution in [2.24, 2.45) is 5.92 Å². The van der Waals surface area contributed by atoms with Gasteiger partial charge in [0.1, 0.15) is 10.6 Å². The van der Waals surface area contributed by atoms with Gasteiger partial charge in [-0.25, -0.2) is 13.1 Å². The van der Waals surface area contributed by atoms with Crippen molar-refractivity contribution in [3.05, 3.63) is 11.4 Å². The third-order valence-corrected chi connectivity index (χ3v) is 5.40. The molecule has 0 spiro atoms. The standard InChI is InChI=1S/C13H24N4O3S/c1-10(8-17-5-3-4-6-17)7-14-21(19,20)13-11(2)15-16-12(13)9-18/h10,14,18H,3-9H2,1-2H3,(H,15,16). The number of likely N-dealkylation sites (tertiary alicyclic amines) is 1. The summed E-state index contributed by atoms with van der Waals surface area (Å²) in [5.41, 5.74) is 0.603. The van der Waals surface area contributed by atoms with Crippen LogP contribution in [0.1, 0.15) is 31.2 Å². The largest absolute Gasteiger partial charge is 0.390 e.